The van der Waals surface area contributed by atoms with Gasteiger partial charge >= 0.3 is 11.9 Å². The molecule has 0 spiro atoms. The van der Waals surface area contributed by atoms with Crippen molar-refractivity contribution in [1.29, 1.82) is 0 Å². The van der Waals surface area contributed by atoms with Crippen LogP contribution in [0.1, 0.15) is 18.5 Å². The number of ether oxygens (including phenoxy) is 1. The van der Waals surface area contributed by atoms with Crippen LogP contribution in [0.3, 0.4) is 0 Å². The topological polar surface area (TPSA) is 145 Å². The number of nitrogens with zero attached hydrogens (tertiary/aromatic N) is 5. The van der Waals surface area contributed by atoms with Crippen molar-refractivity contribution in [2.24, 2.45) is 0 Å². The van der Waals surface area contributed by atoms with Crippen LogP contribution < -0.4 is 9.64 Å². The second-order valence-corrected chi connectivity index (χ2v) is 7.70. The maximum Gasteiger partial charge on any atom is 0.328 e. The maximum atomic E-state index is 9.55. The molecule has 11 nitrogen and oxygen atoms in total. The summed E-state index contributed by atoms with van der Waals surface area (Å²) in [5.41, 5.74) is 3.19. The number of piperazine rings is 1. The first kappa shape index (κ1) is 25.4. The molecule has 0 radical (unpaired) electrons. The molecule has 3 aromatic rings. The fourth-order valence-electron chi connectivity index (χ4n) is 3.68. The molecule has 3 N–H and O–H groups in total. The summed E-state index contributed by atoms with van der Waals surface area (Å²) in [4.78, 5) is 33.2. The van der Waals surface area contributed by atoms with Crippen molar-refractivity contribution in [3.63, 3.8) is 0 Å². The third-order valence-corrected chi connectivity index (χ3v) is 5.57. The fourth-order valence-corrected chi connectivity index (χ4v) is 3.68. The Morgan fingerprint density at radius 2 is 1.66 bits per heavy atom. The number of anilines is 1. The van der Waals surface area contributed by atoms with E-state index in [0.29, 0.717) is 18.2 Å². The minimum Gasteiger partial charge on any atom is -0.497 e. The Bertz CT molecular complexity index is 1110. The van der Waals surface area contributed by atoms with Crippen molar-refractivity contribution in [3.05, 3.63) is 66.8 Å². The number of benzene rings is 1. The van der Waals surface area contributed by atoms with Crippen molar-refractivity contribution in [1.82, 2.24) is 25.1 Å². The number of carboxylic acid groups (broad SMARTS) is 2. The molecule has 1 unspecified atom stereocenters. The molecule has 184 valence electrons. The largest absolute Gasteiger partial charge is 0.497 e. The van der Waals surface area contributed by atoms with Crippen LogP contribution in [0.2, 0.25) is 0 Å². The molecular weight excluding hydrogens is 452 g/mol. The van der Waals surface area contributed by atoms with Gasteiger partial charge in [0.2, 0.25) is 0 Å². The molecule has 0 saturated carbocycles. The van der Waals surface area contributed by atoms with Crippen LogP contribution in [-0.4, -0.2) is 80.5 Å². The Balaban J connectivity index is 0.000000371. The Kier molecular flexibility index (Phi) is 8.90. The SMILES string of the molecule is COc1ccc(-c2nccnc2N2CCN(C(C)c3cn[nH]c3)CC2)cc1.O=C(O)/C=C/C(=O)O. The van der Waals surface area contributed by atoms with E-state index in [0.717, 1.165) is 49.0 Å². The van der Waals surface area contributed by atoms with E-state index in [9.17, 15) is 9.59 Å². The van der Waals surface area contributed by atoms with Gasteiger partial charge in [-0.3, -0.25) is 15.0 Å². The summed E-state index contributed by atoms with van der Waals surface area (Å²) in [5.74, 6) is -0.732. The standard InChI is InChI=1S/C20H24N6O.C4H4O4/c1-15(17-13-23-24-14-17)25-9-11-26(12-10-25)20-19(21-7-8-22-20)16-3-5-18(27-2)6-4-16;5-3(6)1-2-4(7)8/h3-8,13-15H,9-12H2,1-2H3,(H,23,24);1-2H,(H,5,6)(H,7,8)/b;2-1+. The van der Waals surface area contributed by atoms with E-state index >= 15 is 0 Å². The number of carboxylic acids is 2. The highest BCUT2D eigenvalue weighted by atomic mass is 16.5. The molecule has 1 saturated heterocycles. The average Bonchev–Trinajstić information content (AvgIpc) is 3.43. The molecule has 1 aromatic carbocycles. The van der Waals surface area contributed by atoms with Crippen molar-refractivity contribution in [2.45, 2.75) is 13.0 Å². The Morgan fingerprint density at radius 3 is 2.20 bits per heavy atom. The maximum absolute atomic E-state index is 9.55. The molecular formula is C24H28N6O5. The quantitative estimate of drug-likeness (QED) is 0.431. The lowest BCUT2D eigenvalue weighted by molar-refractivity contribution is -0.134. The minimum atomic E-state index is -1.26. The molecule has 1 aliphatic heterocycles. The van der Waals surface area contributed by atoms with Gasteiger partial charge in [-0.05, 0) is 31.2 Å². The Labute approximate surface area is 202 Å². The number of H-pyrrole nitrogens is 1. The molecule has 1 aliphatic rings. The third kappa shape index (κ3) is 7.11. The lowest BCUT2D eigenvalue weighted by Gasteiger charge is -2.38. The number of aliphatic carboxylic acids is 2. The van der Waals surface area contributed by atoms with Gasteiger partial charge in [0.1, 0.15) is 11.4 Å². The summed E-state index contributed by atoms with van der Waals surface area (Å²) in [6.07, 6.45) is 8.51. The number of nitrogens with one attached hydrogen (secondary N) is 1. The highest BCUT2D eigenvalue weighted by Crippen LogP contribution is 2.29. The van der Waals surface area contributed by atoms with Crippen molar-refractivity contribution in [3.8, 4) is 17.0 Å². The van der Waals surface area contributed by atoms with Gasteiger partial charge in [-0.1, -0.05) is 0 Å². The summed E-state index contributed by atoms with van der Waals surface area (Å²) in [6, 6.07) is 8.33. The van der Waals surface area contributed by atoms with Gasteiger partial charge in [-0.25, -0.2) is 14.6 Å². The van der Waals surface area contributed by atoms with Crippen LogP contribution in [0, 0.1) is 0 Å². The predicted molar refractivity (Wildman–Crippen MR) is 129 cm³/mol. The highest BCUT2D eigenvalue weighted by molar-refractivity contribution is 5.89. The minimum absolute atomic E-state index is 0.355. The zero-order chi connectivity index (χ0) is 25.2. The molecule has 35 heavy (non-hydrogen) atoms. The van der Waals surface area contributed by atoms with Crippen LogP contribution in [-0.2, 0) is 9.59 Å². The first-order valence-corrected chi connectivity index (χ1v) is 11.0. The summed E-state index contributed by atoms with van der Waals surface area (Å²) >= 11 is 0. The van der Waals surface area contributed by atoms with E-state index in [1.54, 1.807) is 19.5 Å². The number of methoxy groups -OCH3 is 1. The summed E-state index contributed by atoms with van der Waals surface area (Å²) < 4.78 is 5.26. The number of carbonyl (C=O) groups is 2. The summed E-state index contributed by atoms with van der Waals surface area (Å²) in [6.45, 7) is 6.02. The second kappa shape index (κ2) is 12.3. The zero-order valence-electron chi connectivity index (χ0n) is 19.5. The van der Waals surface area contributed by atoms with Crippen LogP contribution in [0.15, 0.2) is 61.2 Å². The average molecular weight is 481 g/mol. The molecule has 11 heteroatoms. The van der Waals surface area contributed by atoms with E-state index in [4.69, 9.17) is 14.9 Å². The second-order valence-electron chi connectivity index (χ2n) is 7.70. The molecule has 0 aliphatic carbocycles. The molecule has 1 fully saturated rings. The van der Waals surface area contributed by atoms with Gasteiger partial charge in [0.25, 0.3) is 0 Å². The fraction of sp³-hybridized carbons (Fsp3) is 0.292. The van der Waals surface area contributed by atoms with E-state index in [2.05, 4.69) is 36.9 Å². The number of rotatable bonds is 7. The summed E-state index contributed by atoms with van der Waals surface area (Å²) in [5, 5.41) is 22.6. The van der Waals surface area contributed by atoms with Gasteiger partial charge in [-0.15, -0.1) is 0 Å². The van der Waals surface area contributed by atoms with Crippen molar-refractivity contribution >= 4 is 17.8 Å². The van der Waals surface area contributed by atoms with Crippen molar-refractivity contribution in [2.75, 3.05) is 38.2 Å². The highest BCUT2D eigenvalue weighted by Gasteiger charge is 2.25. The number of hydrogen-bond donors (Lipinski definition) is 3. The van der Waals surface area contributed by atoms with E-state index in [1.165, 1.54) is 5.56 Å². The van der Waals surface area contributed by atoms with Gasteiger partial charge in [0.15, 0.2) is 5.82 Å². The molecule has 3 heterocycles. The molecule has 2 aromatic heterocycles. The van der Waals surface area contributed by atoms with E-state index < -0.39 is 11.9 Å². The van der Waals surface area contributed by atoms with Crippen LogP contribution in [0.4, 0.5) is 5.82 Å². The Hall–Kier alpha value is -4.25. The van der Waals surface area contributed by atoms with E-state index in [-0.39, 0.29) is 0 Å². The molecule has 1 atom stereocenters. The zero-order valence-corrected chi connectivity index (χ0v) is 19.5. The van der Waals surface area contributed by atoms with Crippen LogP contribution >= 0.6 is 0 Å². The van der Waals surface area contributed by atoms with Crippen molar-refractivity contribution < 1.29 is 24.5 Å². The molecule has 0 amide bonds. The smallest absolute Gasteiger partial charge is 0.328 e. The number of aromatic amines is 1. The lowest BCUT2D eigenvalue weighted by Crippen LogP contribution is -2.47. The van der Waals surface area contributed by atoms with Crippen LogP contribution in [0.25, 0.3) is 11.3 Å². The lowest BCUT2D eigenvalue weighted by atomic mass is 10.1. The predicted octanol–water partition coefficient (Wildman–Crippen LogP) is 2.47. The number of hydrogen-bond acceptors (Lipinski definition) is 8. The van der Waals surface area contributed by atoms with Gasteiger partial charge in [0.05, 0.1) is 13.3 Å². The third-order valence-electron chi connectivity index (χ3n) is 5.57. The van der Waals surface area contributed by atoms with E-state index in [1.807, 2.05) is 36.7 Å². The van der Waals surface area contributed by atoms with Gasteiger partial charge in [0, 0.05) is 74.1 Å². The number of aromatic nitrogens is 4. The van der Waals surface area contributed by atoms with Crippen LogP contribution in [0.5, 0.6) is 5.75 Å². The first-order chi connectivity index (χ1) is 16.9. The normalized spacial score (nSPS) is 14.7. The van der Waals surface area contributed by atoms with Gasteiger partial charge < -0.3 is 19.8 Å². The molecule has 4 rings (SSSR count). The molecule has 0 bridgehead atoms. The Morgan fingerprint density at radius 1 is 1.03 bits per heavy atom. The van der Waals surface area contributed by atoms with Gasteiger partial charge in [-0.2, -0.15) is 5.10 Å². The monoisotopic (exact) mass is 480 g/mol. The summed E-state index contributed by atoms with van der Waals surface area (Å²) in [7, 11) is 1.67. The first-order valence-electron chi connectivity index (χ1n) is 11.0.